The highest BCUT2D eigenvalue weighted by molar-refractivity contribution is 6.34. The molecule has 148 valence electrons. The Bertz CT molecular complexity index is 867. The molecule has 1 unspecified atom stereocenters. The van der Waals surface area contributed by atoms with Gasteiger partial charge in [0, 0.05) is 12.2 Å². The zero-order valence-electron chi connectivity index (χ0n) is 16.2. The van der Waals surface area contributed by atoms with Crippen molar-refractivity contribution in [3.8, 4) is 0 Å². The number of amides is 3. The molecule has 2 aromatic carbocycles. The first-order valence-electron chi connectivity index (χ1n) is 9.67. The second-order valence-electron chi connectivity index (χ2n) is 7.54. The molecule has 0 aromatic heterocycles. The van der Waals surface area contributed by atoms with Crippen molar-refractivity contribution < 1.29 is 9.59 Å². The number of anilines is 1. The minimum absolute atomic E-state index is 0.00139. The lowest BCUT2D eigenvalue weighted by Gasteiger charge is -2.26. The highest BCUT2D eigenvalue weighted by Gasteiger charge is 2.21. The van der Waals surface area contributed by atoms with Crippen molar-refractivity contribution in [2.24, 2.45) is 5.92 Å². The molecule has 1 aliphatic rings. The van der Waals surface area contributed by atoms with Crippen LogP contribution in [0.4, 0.5) is 10.5 Å². The number of benzene rings is 2. The molecule has 1 atom stereocenters. The molecule has 1 aliphatic carbocycles. The van der Waals surface area contributed by atoms with Gasteiger partial charge >= 0.3 is 6.03 Å². The standard InChI is InChI=1S/C22H26ClN3O2/c1-14(2)13-24-21(27)18-11-10-16(12-19(18)23)25-22(28)26-20-9-5-7-15-6-3-4-8-17(15)20/h3-4,6,8,10-12,14,20H,5,7,9,13H2,1-2H3,(H,24,27)(H2,25,26,28). The number of hydrogen-bond donors (Lipinski definition) is 3. The normalized spacial score (nSPS) is 15.6. The van der Waals surface area contributed by atoms with Crippen LogP contribution in [0, 0.1) is 5.92 Å². The monoisotopic (exact) mass is 399 g/mol. The van der Waals surface area contributed by atoms with Crippen LogP contribution in [0.15, 0.2) is 42.5 Å². The average molecular weight is 400 g/mol. The quantitative estimate of drug-likeness (QED) is 0.667. The molecule has 0 spiro atoms. The Morgan fingerprint density at radius 2 is 1.96 bits per heavy atom. The van der Waals surface area contributed by atoms with Crippen molar-refractivity contribution in [3.05, 3.63) is 64.2 Å². The first-order chi connectivity index (χ1) is 13.4. The number of halogens is 1. The summed E-state index contributed by atoms with van der Waals surface area (Å²) in [5, 5.41) is 9.00. The summed E-state index contributed by atoms with van der Waals surface area (Å²) in [7, 11) is 0. The topological polar surface area (TPSA) is 70.2 Å². The minimum Gasteiger partial charge on any atom is -0.352 e. The molecule has 0 heterocycles. The van der Waals surface area contributed by atoms with Gasteiger partial charge in [-0.05, 0) is 54.5 Å². The summed E-state index contributed by atoms with van der Waals surface area (Å²) in [5.74, 6) is 0.144. The Labute approximate surface area is 170 Å². The Kier molecular flexibility index (Phi) is 6.57. The van der Waals surface area contributed by atoms with Crippen molar-refractivity contribution >= 4 is 29.2 Å². The van der Waals surface area contributed by atoms with Gasteiger partial charge in [0.15, 0.2) is 0 Å². The van der Waals surface area contributed by atoms with Gasteiger partial charge in [0.2, 0.25) is 0 Å². The van der Waals surface area contributed by atoms with Gasteiger partial charge in [0.05, 0.1) is 16.6 Å². The lowest BCUT2D eigenvalue weighted by Crippen LogP contribution is -2.34. The van der Waals surface area contributed by atoms with Crippen LogP contribution in [0.2, 0.25) is 5.02 Å². The molecule has 3 amide bonds. The Morgan fingerprint density at radius 3 is 2.71 bits per heavy atom. The predicted octanol–water partition coefficient (Wildman–Crippen LogP) is 4.92. The van der Waals surface area contributed by atoms with Gasteiger partial charge in [0.25, 0.3) is 5.91 Å². The summed E-state index contributed by atoms with van der Waals surface area (Å²) in [6.07, 6.45) is 3.01. The fourth-order valence-corrected chi connectivity index (χ4v) is 3.66. The number of carbonyl (C=O) groups excluding carboxylic acids is 2. The fourth-order valence-electron chi connectivity index (χ4n) is 3.40. The molecule has 0 aliphatic heterocycles. The van der Waals surface area contributed by atoms with Gasteiger partial charge in [-0.15, -0.1) is 0 Å². The number of rotatable bonds is 5. The summed E-state index contributed by atoms with van der Waals surface area (Å²) in [5.41, 5.74) is 3.42. The van der Waals surface area contributed by atoms with Gasteiger partial charge in [-0.3, -0.25) is 4.79 Å². The molecule has 0 fully saturated rings. The molecule has 3 rings (SSSR count). The third-order valence-corrected chi connectivity index (χ3v) is 5.13. The molecule has 6 heteroatoms. The fraction of sp³-hybridized carbons (Fsp3) is 0.364. The molecular weight excluding hydrogens is 374 g/mol. The first-order valence-corrected chi connectivity index (χ1v) is 10.0. The lowest BCUT2D eigenvalue weighted by atomic mass is 9.88. The summed E-state index contributed by atoms with van der Waals surface area (Å²) in [6, 6.07) is 12.8. The zero-order chi connectivity index (χ0) is 20.1. The van der Waals surface area contributed by atoms with E-state index in [2.05, 4.69) is 28.1 Å². The third kappa shape index (κ3) is 5.04. The van der Waals surface area contributed by atoms with Gasteiger partial charge in [0.1, 0.15) is 0 Å². The highest BCUT2D eigenvalue weighted by atomic mass is 35.5. The summed E-state index contributed by atoms with van der Waals surface area (Å²) in [6.45, 7) is 4.64. The molecular formula is C22H26ClN3O2. The molecule has 5 nitrogen and oxygen atoms in total. The van der Waals surface area contributed by atoms with Crippen LogP contribution in [0.3, 0.4) is 0 Å². The maximum Gasteiger partial charge on any atom is 0.319 e. The minimum atomic E-state index is -0.283. The number of aryl methyl sites for hydroxylation is 1. The van der Waals surface area contributed by atoms with Crippen LogP contribution >= 0.6 is 11.6 Å². The number of carbonyl (C=O) groups is 2. The smallest absolute Gasteiger partial charge is 0.319 e. The van der Waals surface area contributed by atoms with E-state index in [-0.39, 0.29) is 18.0 Å². The number of fused-ring (bicyclic) bond motifs is 1. The van der Waals surface area contributed by atoms with Gasteiger partial charge in [-0.2, -0.15) is 0 Å². The molecule has 0 radical (unpaired) electrons. The van der Waals surface area contributed by atoms with E-state index < -0.39 is 0 Å². The van der Waals surface area contributed by atoms with E-state index >= 15 is 0 Å². The second-order valence-corrected chi connectivity index (χ2v) is 7.95. The SMILES string of the molecule is CC(C)CNC(=O)c1ccc(NC(=O)NC2CCCc3ccccc32)cc1Cl. The van der Waals surface area contributed by atoms with Crippen LogP contribution < -0.4 is 16.0 Å². The van der Waals surface area contributed by atoms with E-state index in [9.17, 15) is 9.59 Å². The molecule has 0 bridgehead atoms. The third-order valence-electron chi connectivity index (χ3n) is 4.82. The van der Waals surface area contributed by atoms with Crippen LogP contribution in [0.25, 0.3) is 0 Å². The summed E-state index contributed by atoms with van der Waals surface area (Å²) < 4.78 is 0. The molecule has 0 saturated heterocycles. The second kappa shape index (κ2) is 9.11. The van der Waals surface area contributed by atoms with E-state index in [1.165, 1.54) is 11.1 Å². The maximum atomic E-state index is 12.5. The number of nitrogens with one attached hydrogen (secondary N) is 3. The molecule has 0 saturated carbocycles. The first kappa shape index (κ1) is 20.2. The van der Waals surface area contributed by atoms with E-state index in [1.807, 2.05) is 26.0 Å². The van der Waals surface area contributed by atoms with Crippen molar-refractivity contribution in [2.75, 3.05) is 11.9 Å². The predicted molar refractivity (Wildman–Crippen MR) is 113 cm³/mol. The van der Waals surface area contributed by atoms with E-state index in [0.717, 1.165) is 19.3 Å². The number of urea groups is 1. The van der Waals surface area contributed by atoms with Crippen LogP contribution in [0.5, 0.6) is 0 Å². The van der Waals surface area contributed by atoms with Gasteiger partial charge in [-0.25, -0.2) is 4.79 Å². The van der Waals surface area contributed by atoms with Gasteiger partial charge < -0.3 is 16.0 Å². The van der Waals surface area contributed by atoms with Crippen molar-refractivity contribution in [1.29, 1.82) is 0 Å². The van der Waals surface area contributed by atoms with Crippen molar-refractivity contribution in [1.82, 2.24) is 10.6 Å². The molecule has 28 heavy (non-hydrogen) atoms. The van der Waals surface area contributed by atoms with E-state index in [4.69, 9.17) is 11.6 Å². The Hall–Kier alpha value is -2.53. The maximum absolute atomic E-state index is 12.5. The van der Waals surface area contributed by atoms with Gasteiger partial charge in [-0.1, -0.05) is 49.7 Å². The van der Waals surface area contributed by atoms with Crippen LogP contribution in [-0.2, 0) is 6.42 Å². The summed E-state index contributed by atoms with van der Waals surface area (Å²) in [4.78, 5) is 24.6. The number of hydrogen-bond acceptors (Lipinski definition) is 2. The lowest BCUT2D eigenvalue weighted by molar-refractivity contribution is 0.0949. The molecule has 2 aromatic rings. The van der Waals surface area contributed by atoms with Crippen molar-refractivity contribution in [3.63, 3.8) is 0 Å². The van der Waals surface area contributed by atoms with E-state index in [1.54, 1.807) is 18.2 Å². The largest absolute Gasteiger partial charge is 0.352 e. The zero-order valence-corrected chi connectivity index (χ0v) is 17.0. The van der Waals surface area contributed by atoms with E-state index in [0.29, 0.717) is 28.7 Å². The van der Waals surface area contributed by atoms with Crippen molar-refractivity contribution in [2.45, 2.75) is 39.2 Å². The summed E-state index contributed by atoms with van der Waals surface area (Å²) >= 11 is 6.25. The average Bonchev–Trinajstić information content (AvgIpc) is 2.66. The Morgan fingerprint density at radius 1 is 1.18 bits per heavy atom. The van der Waals surface area contributed by atoms with Crippen LogP contribution in [-0.4, -0.2) is 18.5 Å². The Balaban J connectivity index is 1.62. The highest BCUT2D eigenvalue weighted by Crippen LogP contribution is 2.29. The molecule has 3 N–H and O–H groups in total. The van der Waals surface area contributed by atoms with Crippen LogP contribution in [0.1, 0.15) is 54.2 Å².